The molecule has 0 radical (unpaired) electrons. The number of unbranched alkanes of at least 4 members (excludes halogenated alkanes) is 11. The van der Waals surface area contributed by atoms with Gasteiger partial charge in [0.2, 0.25) is 0 Å². The van der Waals surface area contributed by atoms with E-state index in [1.54, 1.807) is 0 Å². The highest BCUT2D eigenvalue weighted by Gasteiger charge is 2.21. The van der Waals surface area contributed by atoms with Gasteiger partial charge in [-0.2, -0.15) is 0 Å². The summed E-state index contributed by atoms with van der Waals surface area (Å²) in [5, 5.41) is 11.7. The molecule has 9 heteroatoms. The summed E-state index contributed by atoms with van der Waals surface area (Å²) < 4.78 is 22.4. The van der Waals surface area contributed by atoms with Crippen molar-refractivity contribution in [2.75, 3.05) is 47.5 Å². The number of hydrogen-bond acceptors (Lipinski definition) is 8. The number of carbonyl (C=O) groups excluding carboxylic acids is 3. The van der Waals surface area contributed by atoms with Crippen molar-refractivity contribution in [3.05, 3.63) is 97.2 Å². The van der Waals surface area contributed by atoms with Gasteiger partial charge in [0.15, 0.2) is 12.4 Å². The van der Waals surface area contributed by atoms with E-state index in [2.05, 4.69) is 111 Å². The fraction of sp³-hybridized carbons (Fsp3) is 0.642. The monoisotopic (exact) mass is 866 g/mol. The molecule has 0 fully saturated rings. The minimum Gasteiger partial charge on any atom is -0.545 e. The van der Waals surface area contributed by atoms with Crippen molar-refractivity contribution in [1.29, 1.82) is 0 Å². The average Bonchev–Trinajstić information content (AvgIpc) is 3.23. The minimum atomic E-state index is -1.63. The van der Waals surface area contributed by atoms with E-state index in [-0.39, 0.29) is 38.6 Å². The highest BCUT2D eigenvalue weighted by molar-refractivity contribution is 5.70. The molecule has 0 aliphatic rings. The molecule has 2 unspecified atom stereocenters. The van der Waals surface area contributed by atoms with Crippen molar-refractivity contribution in [3.8, 4) is 0 Å². The van der Waals surface area contributed by atoms with Crippen molar-refractivity contribution in [3.63, 3.8) is 0 Å². The number of esters is 2. The Morgan fingerprint density at radius 1 is 0.500 bits per heavy atom. The van der Waals surface area contributed by atoms with Crippen molar-refractivity contribution in [1.82, 2.24) is 0 Å². The van der Waals surface area contributed by atoms with E-state index < -0.39 is 24.3 Å². The number of carboxylic acid groups (broad SMARTS) is 1. The maximum absolute atomic E-state index is 12.7. The number of carboxylic acids is 1. The zero-order valence-corrected chi connectivity index (χ0v) is 39.7. The van der Waals surface area contributed by atoms with Crippen LogP contribution in [0.25, 0.3) is 0 Å². The normalized spacial score (nSPS) is 13.8. The molecule has 0 spiro atoms. The molecule has 0 saturated heterocycles. The molecule has 0 aromatic carbocycles. The molecule has 0 aliphatic heterocycles. The van der Waals surface area contributed by atoms with Crippen LogP contribution < -0.4 is 5.11 Å². The van der Waals surface area contributed by atoms with Crippen molar-refractivity contribution in [2.45, 2.75) is 174 Å². The summed E-state index contributed by atoms with van der Waals surface area (Å²) in [6, 6.07) is 0. The number of allylic oxidation sites excluding steroid dienone is 16. The van der Waals surface area contributed by atoms with E-state index in [1.807, 2.05) is 21.1 Å². The van der Waals surface area contributed by atoms with Crippen molar-refractivity contribution in [2.24, 2.45) is 0 Å². The Morgan fingerprint density at radius 3 is 1.37 bits per heavy atom. The molecular weight excluding hydrogens is 779 g/mol. The van der Waals surface area contributed by atoms with Gasteiger partial charge < -0.3 is 33.3 Å². The van der Waals surface area contributed by atoms with Crippen LogP contribution in [0, 0.1) is 0 Å². The molecule has 0 bridgehead atoms. The molecule has 0 aromatic rings. The highest BCUT2D eigenvalue weighted by Crippen LogP contribution is 2.12. The van der Waals surface area contributed by atoms with E-state index >= 15 is 0 Å². The zero-order chi connectivity index (χ0) is 45.6. The number of hydrogen-bond donors (Lipinski definition) is 0. The SMILES string of the molecule is CC/C=C\C/C=C\C/C=C\C/C=C\C/C=C\C/C=C\C/C=C\C/C=C\CCCCCCC(=O)OC(COC(=O)CCCCCCCCCC)COC(OCC[N+](C)(C)C)C(=O)[O-]. The van der Waals surface area contributed by atoms with Crippen LogP contribution in [0.4, 0.5) is 0 Å². The number of carbonyl (C=O) groups is 3. The van der Waals surface area contributed by atoms with Gasteiger partial charge in [0, 0.05) is 12.8 Å². The standard InChI is InChI=1S/C53H87NO8/c1-6-8-10-12-14-16-17-18-19-20-21-22-23-24-25-26-27-28-29-30-31-32-33-34-35-36-38-40-42-44-51(56)62-49(48-61-53(52(57)58)59-46-45-54(3,4)5)47-60-50(55)43-41-39-37-15-13-11-9-7-2/h8,10,14,16,18-19,21-22,24-25,27-28,30-31,33-34,49,53H,6-7,9,11-13,15,17,20,23,26,29,32,35-48H2,1-5H3/b10-8-,16-14-,19-18-,22-21-,25-24-,28-27-,31-30-,34-33-. The van der Waals surface area contributed by atoms with Crippen LogP contribution in [0.1, 0.15) is 162 Å². The second-order valence-electron chi connectivity index (χ2n) is 16.7. The van der Waals surface area contributed by atoms with Gasteiger partial charge in [-0.1, -0.05) is 169 Å². The summed E-state index contributed by atoms with van der Waals surface area (Å²) >= 11 is 0. The first-order valence-corrected chi connectivity index (χ1v) is 23.9. The number of likely N-dealkylation sites (N-methyl/N-ethyl adjacent to an activating group) is 1. The lowest BCUT2D eigenvalue weighted by atomic mass is 10.1. The van der Waals surface area contributed by atoms with Crippen LogP contribution in [0.2, 0.25) is 0 Å². The smallest absolute Gasteiger partial charge is 0.306 e. The van der Waals surface area contributed by atoms with Crippen LogP contribution in [0.5, 0.6) is 0 Å². The first kappa shape index (κ1) is 58.2. The second-order valence-corrected chi connectivity index (χ2v) is 16.7. The number of rotatable bonds is 42. The molecule has 0 amide bonds. The van der Waals surface area contributed by atoms with Gasteiger partial charge in [0.25, 0.3) is 0 Å². The van der Waals surface area contributed by atoms with Crippen molar-refractivity contribution >= 4 is 17.9 Å². The van der Waals surface area contributed by atoms with E-state index in [1.165, 1.54) is 32.1 Å². The molecule has 0 N–H and O–H groups in total. The highest BCUT2D eigenvalue weighted by atomic mass is 16.7. The number of quaternary nitrogens is 1. The lowest BCUT2D eigenvalue weighted by molar-refractivity contribution is -0.870. The summed E-state index contributed by atoms with van der Waals surface area (Å²) in [7, 11) is 5.88. The molecule has 0 aromatic heterocycles. The quantitative estimate of drug-likeness (QED) is 0.0196. The van der Waals surface area contributed by atoms with Gasteiger partial charge in [0.1, 0.15) is 13.2 Å². The van der Waals surface area contributed by atoms with E-state index in [9.17, 15) is 19.5 Å². The number of nitrogens with zero attached hydrogens (tertiary/aromatic N) is 1. The van der Waals surface area contributed by atoms with E-state index in [4.69, 9.17) is 18.9 Å². The van der Waals surface area contributed by atoms with Crippen LogP contribution in [0.15, 0.2) is 97.2 Å². The summed E-state index contributed by atoms with van der Waals surface area (Å²) in [4.78, 5) is 36.9. The Hall–Kier alpha value is -3.79. The third-order valence-electron chi connectivity index (χ3n) is 9.60. The maximum atomic E-state index is 12.7. The van der Waals surface area contributed by atoms with Crippen LogP contribution in [-0.2, 0) is 33.3 Å². The molecule has 0 saturated carbocycles. The van der Waals surface area contributed by atoms with Gasteiger partial charge in [-0.15, -0.1) is 0 Å². The molecule has 9 nitrogen and oxygen atoms in total. The Kier molecular flexibility index (Phi) is 41.2. The Morgan fingerprint density at radius 2 is 0.919 bits per heavy atom. The lowest BCUT2D eigenvalue weighted by Crippen LogP contribution is -2.44. The topological polar surface area (TPSA) is 111 Å². The predicted molar refractivity (Wildman–Crippen MR) is 255 cm³/mol. The Balaban J connectivity index is 4.33. The summed E-state index contributed by atoms with van der Waals surface area (Å²) in [6.07, 6.45) is 54.6. The fourth-order valence-electron chi connectivity index (χ4n) is 5.90. The van der Waals surface area contributed by atoms with E-state index in [0.29, 0.717) is 17.4 Å². The van der Waals surface area contributed by atoms with Gasteiger partial charge in [-0.05, 0) is 77.0 Å². The molecule has 2 atom stereocenters. The van der Waals surface area contributed by atoms with Gasteiger partial charge in [0.05, 0.1) is 40.3 Å². The van der Waals surface area contributed by atoms with Crippen LogP contribution in [0.3, 0.4) is 0 Å². The second kappa shape index (κ2) is 43.8. The zero-order valence-electron chi connectivity index (χ0n) is 39.7. The Bertz CT molecular complexity index is 1330. The largest absolute Gasteiger partial charge is 0.545 e. The van der Waals surface area contributed by atoms with Gasteiger partial charge >= 0.3 is 11.9 Å². The van der Waals surface area contributed by atoms with Gasteiger partial charge in [-0.3, -0.25) is 9.59 Å². The molecule has 0 rings (SSSR count). The fourth-order valence-corrected chi connectivity index (χ4v) is 5.90. The minimum absolute atomic E-state index is 0.138. The maximum Gasteiger partial charge on any atom is 0.306 e. The van der Waals surface area contributed by atoms with Crippen LogP contribution in [-0.4, -0.2) is 82.3 Å². The molecule has 0 aliphatic carbocycles. The predicted octanol–water partition coefficient (Wildman–Crippen LogP) is 11.7. The third kappa shape index (κ3) is 44.3. The van der Waals surface area contributed by atoms with Crippen LogP contribution >= 0.6 is 0 Å². The molecule has 62 heavy (non-hydrogen) atoms. The third-order valence-corrected chi connectivity index (χ3v) is 9.60. The molecular formula is C53H87NO8. The summed E-state index contributed by atoms with van der Waals surface area (Å²) in [6.45, 7) is 4.53. The first-order chi connectivity index (χ1) is 30.1. The molecule has 352 valence electrons. The Labute approximate surface area is 378 Å². The average molecular weight is 866 g/mol. The summed E-state index contributed by atoms with van der Waals surface area (Å²) in [5.41, 5.74) is 0. The van der Waals surface area contributed by atoms with Crippen molar-refractivity contribution < 1.29 is 42.9 Å². The molecule has 0 heterocycles. The summed E-state index contributed by atoms with van der Waals surface area (Å²) in [5.74, 6) is -2.34. The lowest BCUT2D eigenvalue weighted by Gasteiger charge is -2.26. The first-order valence-electron chi connectivity index (χ1n) is 23.9. The van der Waals surface area contributed by atoms with E-state index in [0.717, 1.165) is 96.3 Å². The number of aliphatic carboxylic acids is 1. The van der Waals surface area contributed by atoms with Gasteiger partial charge in [-0.25, -0.2) is 0 Å². The number of ether oxygens (including phenoxy) is 4.